The average Bonchev–Trinajstić information content (AvgIpc) is 2.66. The Hall–Kier alpha value is -0.280. The van der Waals surface area contributed by atoms with Crippen LogP contribution >= 0.6 is 11.6 Å². The van der Waals surface area contributed by atoms with Crippen LogP contribution in [-0.4, -0.2) is 42.0 Å². The highest BCUT2D eigenvalue weighted by molar-refractivity contribution is 6.18. The molecule has 2 fully saturated rings. The number of amides is 1. The zero-order valence-electron chi connectivity index (χ0n) is 11.9. The van der Waals surface area contributed by atoms with Gasteiger partial charge in [-0.2, -0.15) is 0 Å². The minimum atomic E-state index is 0.00324. The Morgan fingerprint density at radius 2 is 1.89 bits per heavy atom. The molecule has 1 amide bonds. The lowest BCUT2D eigenvalue weighted by atomic mass is 9.95. The molecule has 110 valence electrons. The van der Waals surface area contributed by atoms with E-state index >= 15 is 0 Å². The molecule has 2 unspecified atom stereocenters. The molecule has 1 aliphatic heterocycles. The molecule has 2 rings (SSSR count). The number of nitrogens with zero attached hydrogens (tertiary/aromatic N) is 1. The quantitative estimate of drug-likeness (QED) is 0.589. The number of halogens is 1. The summed E-state index contributed by atoms with van der Waals surface area (Å²) in [5.41, 5.74) is 0. The van der Waals surface area contributed by atoms with Crippen LogP contribution in [0.15, 0.2) is 0 Å². The number of carbonyl (C=O) groups is 1. The Morgan fingerprint density at radius 1 is 1.21 bits per heavy atom. The zero-order chi connectivity index (χ0) is 13.7. The molecular formula is C15H26ClNO2. The molecule has 0 aromatic rings. The van der Waals surface area contributed by atoms with Gasteiger partial charge in [-0.05, 0) is 25.7 Å². The molecule has 1 saturated carbocycles. The summed E-state index contributed by atoms with van der Waals surface area (Å²) >= 11 is 5.87. The SMILES string of the molecule is CC1CN(C(=O)CC2CCCCCC2)CC(CCl)O1. The van der Waals surface area contributed by atoms with Gasteiger partial charge in [0.2, 0.25) is 5.91 Å². The molecule has 0 aromatic carbocycles. The fourth-order valence-electron chi connectivity index (χ4n) is 3.28. The fraction of sp³-hybridized carbons (Fsp3) is 0.933. The summed E-state index contributed by atoms with van der Waals surface area (Å²) in [5, 5.41) is 0. The summed E-state index contributed by atoms with van der Waals surface area (Å²) in [4.78, 5) is 14.4. The van der Waals surface area contributed by atoms with Gasteiger partial charge in [0.25, 0.3) is 0 Å². The van der Waals surface area contributed by atoms with Gasteiger partial charge in [0.05, 0.1) is 18.1 Å². The number of morpholine rings is 1. The van der Waals surface area contributed by atoms with Crippen LogP contribution < -0.4 is 0 Å². The topological polar surface area (TPSA) is 29.5 Å². The van der Waals surface area contributed by atoms with Crippen molar-refractivity contribution in [2.45, 2.75) is 64.1 Å². The van der Waals surface area contributed by atoms with E-state index in [0.29, 0.717) is 24.2 Å². The third kappa shape index (κ3) is 4.64. The maximum absolute atomic E-state index is 12.4. The maximum Gasteiger partial charge on any atom is 0.223 e. The third-order valence-corrected chi connectivity index (χ3v) is 4.63. The molecule has 1 heterocycles. The second-order valence-electron chi connectivity index (χ2n) is 6.08. The average molecular weight is 288 g/mol. The molecule has 0 bridgehead atoms. The van der Waals surface area contributed by atoms with E-state index in [9.17, 15) is 4.79 Å². The van der Waals surface area contributed by atoms with Gasteiger partial charge in [0, 0.05) is 19.5 Å². The van der Waals surface area contributed by atoms with Crippen LogP contribution in [0.25, 0.3) is 0 Å². The molecule has 2 atom stereocenters. The summed E-state index contributed by atoms with van der Waals surface area (Å²) in [6.07, 6.45) is 8.56. The Bertz CT molecular complexity index is 290. The van der Waals surface area contributed by atoms with Gasteiger partial charge in [0.1, 0.15) is 0 Å². The smallest absolute Gasteiger partial charge is 0.223 e. The summed E-state index contributed by atoms with van der Waals surface area (Å²) in [6, 6.07) is 0. The van der Waals surface area contributed by atoms with Crippen LogP contribution in [0.4, 0.5) is 0 Å². The number of hydrogen-bond donors (Lipinski definition) is 0. The van der Waals surface area contributed by atoms with E-state index in [1.54, 1.807) is 0 Å². The Kier molecular flexibility index (Phi) is 5.96. The number of hydrogen-bond acceptors (Lipinski definition) is 2. The van der Waals surface area contributed by atoms with Crippen molar-refractivity contribution in [1.29, 1.82) is 0 Å². The third-order valence-electron chi connectivity index (χ3n) is 4.29. The molecule has 0 aromatic heterocycles. The first kappa shape index (κ1) is 15.1. The lowest BCUT2D eigenvalue weighted by Gasteiger charge is -2.36. The molecule has 2 aliphatic rings. The predicted molar refractivity (Wildman–Crippen MR) is 77.4 cm³/mol. The normalized spacial score (nSPS) is 30.1. The fourth-order valence-corrected chi connectivity index (χ4v) is 3.45. The minimum absolute atomic E-state index is 0.00324. The molecule has 0 N–H and O–H groups in total. The summed E-state index contributed by atoms with van der Waals surface area (Å²) in [5.74, 6) is 1.37. The first-order valence-corrected chi connectivity index (χ1v) is 8.21. The molecule has 3 nitrogen and oxygen atoms in total. The van der Waals surface area contributed by atoms with Crippen molar-refractivity contribution >= 4 is 17.5 Å². The number of alkyl halides is 1. The standard InChI is InChI=1S/C15H26ClNO2/c1-12-10-17(11-14(9-16)19-12)15(18)8-13-6-4-2-3-5-7-13/h12-14H,2-11H2,1H3. The maximum atomic E-state index is 12.4. The molecule has 4 heteroatoms. The van der Waals surface area contributed by atoms with Gasteiger partial charge in [0.15, 0.2) is 0 Å². The lowest BCUT2D eigenvalue weighted by Crippen LogP contribution is -2.50. The predicted octanol–water partition coefficient (Wildman–Crippen LogP) is 3.20. The zero-order valence-corrected chi connectivity index (χ0v) is 12.7. The van der Waals surface area contributed by atoms with Crippen molar-refractivity contribution < 1.29 is 9.53 Å². The number of ether oxygens (including phenoxy) is 1. The van der Waals surface area contributed by atoms with Crippen LogP contribution in [0, 0.1) is 5.92 Å². The molecule has 0 spiro atoms. The van der Waals surface area contributed by atoms with E-state index in [1.165, 1.54) is 38.5 Å². The highest BCUT2D eigenvalue weighted by Gasteiger charge is 2.29. The second kappa shape index (κ2) is 7.49. The van der Waals surface area contributed by atoms with E-state index in [1.807, 2.05) is 11.8 Å². The lowest BCUT2D eigenvalue weighted by molar-refractivity contribution is -0.144. The summed E-state index contributed by atoms with van der Waals surface area (Å²) in [6.45, 7) is 3.41. The molecule has 19 heavy (non-hydrogen) atoms. The van der Waals surface area contributed by atoms with Crippen LogP contribution in [0.3, 0.4) is 0 Å². The van der Waals surface area contributed by atoms with Gasteiger partial charge in [-0.15, -0.1) is 11.6 Å². The second-order valence-corrected chi connectivity index (χ2v) is 6.39. The van der Waals surface area contributed by atoms with Crippen molar-refractivity contribution in [2.24, 2.45) is 5.92 Å². The van der Waals surface area contributed by atoms with Gasteiger partial charge < -0.3 is 9.64 Å². The highest BCUT2D eigenvalue weighted by Crippen LogP contribution is 2.26. The molecule has 0 radical (unpaired) electrons. The van der Waals surface area contributed by atoms with Crippen molar-refractivity contribution in [3.05, 3.63) is 0 Å². The van der Waals surface area contributed by atoms with Crippen LogP contribution in [0.2, 0.25) is 0 Å². The van der Waals surface area contributed by atoms with Gasteiger partial charge in [-0.25, -0.2) is 0 Å². The van der Waals surface area contributed by atoms with Crippen LogP contribution in [0.1, 0.15) is 51.9 Å². The van der Waals surface area contributed by atoms with Crippen molar-refractivity contribution in [3.63, 3.8) is 0 Å². The Morgan fingerprint density at radius 3 is 2.53 bits per heavy atom. The van der Waals surface area contributed by atoms with Crippen LogP contribution in [0.5, 0.6) is 0 Å². The van der Waals surface area contributed by atoms with Crippen molar-refractivity contribution in [2.75, 3.05) is 19.0 Å². The first-order chi connectivity index (χ1) is 9.19. The van der Waals surface area contributed by atoms with E-state index in [-0.39, 0.29) is 12.2 Å². The van der Waals surface area contributed by atoms with Gasteiger partial charge >= 0.3 is 0 Å². The molecule has 1 aliphatic carbocycles. The van der Waals surface area contributed by atoms with Gasteiger partial charge in [-0.3, -0.25) is 4.79 Å². The van der Waals surface area contributed by atoms with Crippen LogP contribution in [-0.2, 0) is 9.53 Å². The number of rotatable bonds is 3. The van der Waals surface area contributed by atoms with Crippen molar-refractivity contribution in [3.8, 4) is 0 Å². The van der Waals surface area contributed by atoms with E-state index < -0.39 is 0 Å². The first-order valence-electron chi connectivity index (χ1n) is 7.68. The highest BCUT2D eigenvalue weighted by atomic mass is 35.5. The van der Waals surface area contributed by atoms with Crippen molar-refractivity contribution in [1.82, 2.24) is 4.90 Å². The van der Waals surface area contributed by atoms with E-state index in [2.05, 4.69) is 0 Å². The summed E-state index contributed by atoms with van der Waals surface area (Å²) in [7, 11) is 0. The monoisotopic (exact) mass is 287 g/mol. The Balaban J connectivity index is 1.84. The molecular weight excluding hydrogens is 262 g/mol. The minimum Gasteiger partial charge on any atom is -0.370 e. The van der Waals surface area contributed by atoms with Gasteiger partial charge in [-0.1, -0.05) is 25.7 Å². The van der Waals surface area contributed by atoms with E-state index in [0.717, 1.165) is 13.0 Å². The molecule has 1 saturated heterocycles. The van der Waals surface area contributed by atoms with E-state index in [4.69, 9.17) is 16.3 Å². The summed E-state index contributed by atoms with van der Waals surface area (Å²) < 4.78 is 5.70. The Labute approximate surface area is 121 Å². The largest absolute Gasteiger partial charge is 0.370 e. The number of carbonyl (C=O) groups excluding carboxylic acids is 1.